The summed E-state index contributed by atoms with van der Waals surface area (Å²) in [5, 5.41) is 17.3. The van der Waals surface area contributed by atoms with Gasteiger partial charge in [-0.1, -0.05) is 0 Å². The number of carboxylic acid groups (broad SMARTS) is 1. The monoisotopic (exact) mass is 286 g/mol. The van der Waals surface area contributed by atoms with E-state index in [1.807, 2.05) is 0 Å². The lowest BCUT2D eigenvalue weighted by atomic mass is 9.89. The first-order valence-corrected chi connectivity index (χ1v) is 5.58. The van der Waals surface area contributed by atoms with Crippen LogP contribution in [-0.2, 0) is 4.79 Å². The molecule has 1 saturated heterocycles. The smallest absolute Gasteiger partial charge is 0.348 e. The molecule has 20 heavy (non-hydrogen) atoms. The normalized spacial score (nSPS) is 25.0. The number of aromatic nitrogens is 2. The van der Waals surface area contributed by atoms with Crippen LogP contribution < -0.4 is 4.90 Å². The first-order valence-electron chi connectivity index (χ1n) is 5.58. The zero-order valence-electron chi connectivity index (χ0n) is 10.1. The standard InChI is InChI=1S/C11H9F3N4O2/c12-10(8(19)20)2-4-18(6-11(10,13)14)9-16-3-1-7(5-15)17-9/h1,3H,2,4,6H2,(H,19,20). The summed E-state index contributed by atoms with van der Waals surface area (Å²) in [6, 6.07) is 3.02. The lowest BCUT2D eigenvalue weighted by Crippen LogP contribution is -2.62. The summed E-state index contributed by atoms with van der Waals surface area (Å²) in [5.41, 5.74) is -3.62. The Kier molecular flexibility index (Phi) is 3.25. The van der Waals surface area contributed by atoms with E-state index in [2.05, 4.69) is 9.97 Å². The molecule has 1 atom stereocenters. The first kappa shape index (κ1) is 14.0. The van der Waals surface area contributed by atoms with E-state index in [9.17, 15) is 18.0 Å². The lowest BCUT2D eigenvalue weighted by molar-refractivity contribution is -0.187. The van der Waals surface area contributed by atoms with Crippen LogP contribution >= 0.6 is 0 Å². The van der Waals surface area contributed by atoms with Crippen molar-refractivity contribution in [3.05, 3.63) is 18.0 Å². The van der Waals surface area contributed by atoms with Gasteiger partial charge in [-0.2, -0.15) is 5.26 Å². The molecule has 0 aromatic carbocycles. The van der Waals surface area contributed by atoms with Crippen LogP contribution in [0.3, 0.4) is 0 Å². The summed E-state index contributed by atoms with van der Waals surface area (Å²) < 4.78 is 41.2. The van der Waals surface area contributed by atoms with Crippen LogP contribution in [0.2, 0.25) is 0 Å². The Morgan fingerprint density at radius 3 is 2.75 bits per heavy atom. The second-order valence-corrected chi connectivity index (χ2v) is 4.34. The summed E-state index contributed by atoms with van der Waals surface area (Å²) in [5.74, 6) is -6.42. The van der Waals surface area contributed by atoms with Crippen molar-refractivity contribution in [1.29, 1.82) is 5.26 Å². The zero-order chi connectivity index (χ0) is 15.0. The van der Waals surface area contributed by atoms with Gasteiger partial charge in [-0.3, -0.25) is 0 Å². The van der Waals surface area contributed by atoms with Crippen LogP contribution in [0.5, 0.6) is 0 Å². The maximum absolute atomic E-state index is 13.8. The predicted molar refractivity (Wildman–Crippen MR) is 60.0 cm³/mol. The minimum atomic E-state index is -4.08. The molecule has 1 unspecified atom stereocenters. The topological polar surface area (TPSA) is 90.1 Å². The van der Waals surface area contributed by atoms with Crippen LogP contribution in [0, 0.1) is 11.3 Å². The second kappa shape index (κ2) is 4.63. The fourth-order valence-corrected chi connectivity index (χ4v) is 1.91. The highest BCUT2D eigenvalue weighted by Gasteiger charge is 2.63. The van der Waals surface area contributed by atoms with Gasteiger partial charge in [-0.05, 0) is 6.07 Å². The number of alkyl halides is 3. The van der Waals surface area contributed by atoms with Crippen molar-refractivity contribution >= 4 is 11.9 Å². The third kappa shape index (κ3) is 2.13. The Balaban J connectivity index is 2.28. The van der Waals surface area contributed by atoms with Crippen LogP contribution in [-0.4, -0.2) is 45.7 Å². The number of aliphatic carboxylic acids is 1. The maximum Gasteiger partial charge on any atom is 0.348 e. The highest BCUT2D eigenvalue weighted by molar-refractivity contribution is 5.79. The summed E-state index contributed by atoms with van der Waals surface area (Å²) >= 11 is 0. The average molecular weight is 286 g/mol. The van der Waals surface area contributed by atoms with E-state index in [1.54, 1.807) is 6.07 Å². The SMILES string of the molecule is N#Cc1ccnc(N2CCC(F)(C(=O)O)C(F)(F)C2)n1. The van der Waals surface area contributed by atoms with Crippen molar-refractivity contribution in [1.82, 2.24) is 9.97 Å². The third-order valence-corrected chi connectivity index (χ3v) is 3.07. The van der Waals surface area contributed by atoms with E-state index < -0.39 is 30.5 Å². The highest BCUT2D eigenvalue weighted by atomic mass is 19.3. The lowest BCUT2D eigenvalue weighted by Gasteiger charge is -2.39. The summed E-state index contributed by atoms with van der Waals surface area (Å²) in [6.07, 6.45) is 0.322. The van der Waals surface area contributed by atoms with E-state index >= 15 is 0 Å². The van der Waals surface area contributed by atoms with Gasteiger partial charge in [0.2, 0.25) is 5.95 Å². The molecule has 0 aliphatic carbocycles. The van der Waals surface area contributed by atoms with Crippen LogP contribution in [0.1, 0.15) is 12.1 Å². The largest absolute Gasteiger partial charge is 0.479 e. The predicted octanol–water partition coefficient (Wildman–Crippen LogP) is 0.987. The van der Waals surface area contributed by atoms with Crippen molar-refractivity contribution < 1.29 is 23.1 Å². The van der Waals surface area contributed by atoms with Gasteiger partial charge in [-0.15, -0.1) is 0 Å². The number of piperidine rings is 1. The number of hydrogen-bond acceptors (Lipinski definition) is 5. The Bertz CT molecular complexity index is 589. The van der Waals surface area contributed by atoms with E-state index in [0.29, 0.717) is 0 Å². The van der Waals surface area contributed by atoms with E-state index in [1.165, 1.54) is 12.3 Å². The minimum Gasteiger partial charge on any atom is -0.479 e. The molecule has 1 fully saturated rings. The molecule has 2 rings (SSSR count). The van der Waals surface area contributed by atoms with Crippen molar-refractivity contribution in [3.63, 3.8) is 0 Å². The molecule has 0 bridgehead atoms. The number of nitrogens with zero attached hydrogens (tertiary/aromatic N) is 4. The second-order valence-electron chi connectivity index (χ2n) is 4.34. The molecule has 1 N–H and O–H groups in total. The number of nitriles is 1. The summed E-state index contributed by atoms with van der Waals surface area (Å²) in [6.45, 7) is -1.45. The number of halogens is 3. The van der Waals surface area contributed by atoms with Gasteiger partial charge in [-0.25, -0.2) is 27.9 Å². The van der Waals surface area contributed by atoms with Crippen LogP contribution in [0.15, 0.2) is 12.3 Å². The maximum atomic E-state index is 13.8. The van der Waals surface area contributed by atoms with Crippen molar-refractivity contribution in [2.24, 2.45) is 0 Å². The summed E-state index contributed by atoms with van der Waals surface area (Å²) in [4.78, 5) is 19.1. The van der Waals surface area contributed by atoms with Crippen LogP contribution in [0.4, 0.5) is 19.1 Å². The fraction of sp³-hybridized carbons (Fsp3) is 0.455. The van der Waals surface area contributed by atoms with Gasteiger partial charge >= 0.3 is 11.9 Å². The van der Waals surface area contributed by atoms with Gasteiger partial charge in [0.25, 0.3) is 5.67 Å². The Labute approximate surface area is 111 Å². The number of rotatable bonds is 2. The molecule has 0 amide bonds. The molecule has 1 aliphatic rings. The Morgan fingerprint density at radius 2 is 2.20 bits per heavy atom. The molecule has 6 nitrogen and oxygen atoms in total. The molecule has 9 heteroatoms. The van der Waals surface area contributed by atoms with Crippen LogP contribution in [0.25, 0.3) is 0 Å². The molecular formula is C11H9F3N4O2. The van der Waals surface area contributed by atoms with Gasteiger partial charge < -0.3 is 10.0 Å². The molecule has 0 radical (unpaired) electrons. The zero-order valence-corrected chi connectivity index (χ0v) is 10.1. The number of carboxylic acids is 1. The molecule has 2 heterocycles. The third-order valence-electron chi connectivity index (χ3n) is 3.07. The molecular weight excluding hydrogens is 277 g/mol. The number of hydrogen-bond donors (Lipinski definition) is 1. The van der Waals surface area contributed by atoms with Gasteiger partial charge in [0.15, 0.2) is 0 Å². The minimum absolute atomic E-state index is 0.0198. The molecule has 1 aromatic rings. The molecule has 1 aliphatic heterocycles. The average Bonchev–Trinajstić information content (AvgIpc) is 2.41. The van der Waals surface area contributed by atoms with Gasteiger partial charge in [0, 0.05) is 19.2 Å². The van der Waals surface area contributed by atoms with Crippen molar-refractivity contribution in [2.45, 2.75) is 18.0 Å². The number of anilines is 1. The van der Waals surface area contributed by atoms with Gasteiger partial charge in [0.05, 0.1) is 6.54 Å². The quantitative estimate of drug-likeness (QED) is 0.871. The van der Waals surface area contributed by atoms with Gasteiger partial charge in [0.1, 0.15) is 11.8 Å². The Hall–Kier alpha value is -2.37. The van der Waals surface area contributed by atoms with E-state index in [4.69, 9.17) is 10.4 Å². The fourth-order valence-electron chi connectivity index (χ4n) is 1.91. The van der Waals surface area contributed by atoms with Crippen molar-refractivity contribution in [3.8, 4) is 6.07 Å². The van der Waals surface area contributed by atoms with Crippen molar-refractivity contribution in [2.75, 3.05) is 18.0 Å². The summed E-state index contributed by atoms with van der Waals surface area (Å²) in [7, 11) is 0. The molecule has 106 valence electrons. The van der Waals surface area contributed by atoms with E-state index in [-0.39, 0.29) is 18.2 Å². The number of carbonyl (C=O) groups is 1. The van der Waals surface area contributed by atoms with E-state index in [0.717, 1.165) is 4.90 Å². The molecule has 0 saturated carbocycles. The Morgan fingerprint density at radius 1 is 1.50 bits per heavy atom. The highest BCUT2D eigenvalue weighted by Crippen LogP contribution is 2.40. The molecule has 1 aromatic heterocycles. The molecule has 0 spiro atoms. The first-order chi connectivity index (χ1) is 9.30.